The first-order valence-electron chi connectivity index (χ1n) is 10.7. The molecule has 32 heavy (non-hydrogen) atoms. The molecule has 1 heterocycles. The van der Waals surface area contributed by atoms with Gasteiger partial charge in [-0.3, -0.25) is 4.79 Å². The maximum atomic E-state index is 14.0. The van der Waals surface area contributed by atoms with Gasteiger partial charge in [-0.05, 0) is 43.7 Å². The Morgan fingerprint density at radius 2 is 1.88 bits per heavy atom. The lowest BCUT2D eigenvalue weighted by molar-refractivity contribution is -0.137. The smallest absolute Gasteiger partial charge is 0.417 e. The van der Waals surface area contributed by atoms with Crippen molar-refractivity contribution in [2.45, 2.75) is 65.5 Å². The first kappa shape index (κ1) is 27.9. The monoisotopic (exact) mass is 478 g/mol. The average Bonchev–Trinajstić information content (AvgIpc) is 2.72. The second-order valence-corrected chi connectivity index (χ2v) is 8.32. The van der Waals surface area contributed by atoms with Crippen molar-refractivity contribution in [2.75, 3.05) is 13.2 Å². The Morgan fingerprint density at radius 3 is 2.50 bits per heavy atom. The highest BCUT2D eigenvalue weighted by Gasteiger charge is 2.31. The summed E-state index contributed by atoms with van der Waals surface area (Å²) in [5.41, 5.74) is -0.606. The highest BCUT2D eigenvalue weighted by atomic mass is 35.5. The molecule has 0 fully saturated rings. The van der Waals surface area contributed by atoms with Crippen molar-refractivity contribution in [1.82, 2.24) is 10.3 Å². The van der Waals surface area contributed by atoms with Crippen LogP contribution in [-0.2, 0) is 11.0 Å². The third-order valence-corrected chi connectivity index (χ3v) is 4.74. The number of alkyl halides is 3. The molecule has 0 saturated heterocycles. The van der Waals surface area contributed by atoms with Crippen LogP contribution in [0.25, 0.3) is 0 Å². The molecule has 0 aliphatic rings. The van der Waals surface area contributed by atoms with E-state index in [-0.39, 0.29) is 16.8 Å². The topological polar surface area (TPSA) is 51.2 Å². The van der Waals surface area contributed by atoms with Gasteiger partial charge in [0, 0.05) is 12.7 Å². The fourth-order valence-electron chi connectivity index (χ4n) is 2.64. The van der Waals surface area contributed by atoms with E-state index < -0.39 is 23.5 Å². The minimum Gasteiger partial charge on any atom is -0.477 e. The van der Waals surface area contributed by atoms with Gasteiger partial charge in [0.05, 0.1) is 12.2 Å². The van der Waals surface area contributed by atoms with E-state index in [1.807, 2.05) is 19.9 Å². The predicted molar refractivity (Wildman–Crippen MR) is 118 cm³/mol. The van der Waals surface area contributed by atoms with Crippen LogP contribution in [0.3, 0.4) is 0 Å². The number of nitrogens with zero attached hydrogens (tertiary/aromatic N) is 1. The van der Waals surface area contributed by atoms with Crippen LogP contribution in [0.15, 0.2) is 35.8 Å². The number of carbonyl (C=O) groups excluding carboxylic acids is 1. The molecule has 1 rings (SSSR count). The summed E-state index contributed by atoms with van der Waals surface area (Å²) in [4.78, 5) is 15.3. The lowest BCUT2D eigenvalue weighted by atomic mass is 10.1. The Balaban J connectivity index is 2.19. The maximum Gasteiger partial charge on any atom is 0.417 e. The minimum atomic E-state index is -4.49. The van der Waals surface area contributed by atoms with Gasteiger partial charge in [-0.15, -0.1) is 0 Å². The van der Waals surface area contributed by atoms with Gasteiger partial charge < -0.3 is 10.1 Å². The van der Waals surface area contributed by atoms with Crippen LogP contribution in [0.5, 0.6) is 5.88 Å². The second-order valence-electron chi connectivity index (χ2n) is 7.92. The summed E-state index contributed by atoms with van der Waals surface area (Å²) < 4.78 is 57.1. The van der Waals surface area contributed by atoms with Gasteiger partial charge in [0.1, 0.15) is 5.02 Å². The molecular weight excluding hydrogens is 448 g/mol. The standard InChI is InChI=1S/C23H31ClF4N2O2/c1-16(2)14-29-21(31)20(25)17(3)11-9-7-5-4-6-8-10-12-32-22-19(24)13-18(15-30-22)23(26,27)28/h9,11,13,15-16H,4-8,10,12,14H2,1-3H3,(H,29,31). The molecule has 0 atom stereocenters. The van der Waals surface area contributed by atoms with Crippen LogP contribution >= 0.6 is 11.6 Å². The van der Waals surface area contributed by atoms with E-state index >= 15 is 0 Å². The molecule has 0 radical (unpaired) electrons. The zero-order chi connectivity index (χ0) is 24.1. The molecule has 0 unspecified atom stereocenters. The Hall–Kier alpha value is -2.09. The highest BCUT2D eigenvalue weighted by Crippen LogP contribution is 2.33. The van der Waals surface area contributed by atoms with E-state index in [4.69, 9.17) is 16.3 Å². The van der Waals surface area contributed by atoms with Crippen LogP contribution < -0.4 is 10.1 Å². The number of nitrogens with one attached hydrogen (secondary N) is 1. The number of ether oxygens (including phenoxy) is 1. The first-order valence-corrected chi connectivity index (χ1v) is 11.1. The number of allylic oxidation sites excluding steroid dienone is 3. The fourth-order valence-corrected chi connectivity index (χ4v) is 2.86. The van der Waals surface area contributed by atoms with Crippen LogP contribution in [0.2, 0.25) is 5.02 Å². The number of carbonyl (C=O) groups is 1. The number of hydrogen-bond donors (Lipinski definition) is 1. The summed E-state index contributed by atoms with van der Waals surface area (Å²) in [6.07, 6.45) is 4.96. The summed E-state index contributed by atoms with van der Waals surface area (Å²) in [6.45, 7) is 6.20. The zero-order valence-corrected chi connectivity index (χ0v) is 19.5. The van der Waals surface area contributed by atoms with Gasteiger partial charge in [0.2, 0.25) is 5.88 Å². The summed E-state index contributed by atoms with van der Waals surface area (Å²) in [5.74, 6) is -1.19. The Morgan fingerprint density at radius 1 is 1.22 bits per heavy atom. The highest BCUT2D eigenvalue weighted by molar-refractivity contribution is 6.31. The summed E-state index contributed by atoms with van der Waals surface area (Å²) in [5, 5.41) is 2.39. The third-order valence-electron chi connectivity index (χ3n) is 4.47. The van der Waals surface area contributed by atoms with E-state index in [1.165, 1.54) is 0 Å². The minimum absolute atomic E-state index is 0.00153. The SMILES string of the molecule is CC(C=CCCCCCCCOc1ncc(C(F)(F)F)cc1Cl)=C(F)C(=O)NCC(C)C. The lowest BCUT2D eigenvalue weighted by Crippen LogP contribution is -2.27. The fraction of sp³-hybridized carbons (Fsp3) is 0.565. The van der Waals surface area contributed by atoms with Crippen molar-refractivity contribution < 1.29 is 27.1 Å². The molecule has 1 amide bonds. The van der Waals surface area contributed by atoms with Crippen molar-refractivity contribution in [3.63, 3.8) is 0 Å². The van der Waals surface area contributed by atoms with Gasteiger partial charge in [-0.2, -0.15) is 13.2 Å². The number of pyridine rings is 1. The Kier molecular flexibility index (Phi) is 12.3. The van der Waals surface area contributed by atoms with Crippen molar-refractivity contribution in [3.05, 3.63) is 46.4 Å². The Bertz CT molecular complexity index is 793. The number of amides is 1. The summed E-state index contributed by atoms with van der Waals surface area (Å²) in [6, 6.07) is 0.804. The molecule has 0 bridgehead atoms. The molecular formula is C23H31ClF4N2O2. The van der Waals surface area contributed by atoms with Crippen molar-refractivity contribution in [1.29, 1.82) is 0 Å². The van der Waals surface area contributed by atoms with E-state index in [9.17, 15) is 22.4 Å². The number of aromatic nitrogens is 1. The van der Waals surface area contributed by atoms with Crippen LogP contribution in [0.1, 0.15) is 64.9 Å². The molecule has 0 saturated carbocycles. The molecule has 0 aliphatic carbocycles. The van der Waals surface area contributed by atoms with Crippen LogP contribution in [0, 0.1) is 5.92 Å². The van der Waals surface area contributed by atoms with Crippen LogP contribution in [-0.4, -0.2) is 24.0 Å². The molecule has 9 heteroatoms. The molecule has 0 aliphatic heterocycles. The lowest BCUT2D eigenvalue weighted by Gasteiger charge is -2.10. The van der Waals surface area contributed by atoms with Crippen molar-refractivity contribution >= 4 is 17.5 Å². The maximum absolute atomic E-state index is 14.0. The van der Waals surface area contributed by atoms with E-state index in [0.717, 1.165) is 44.6 Å². The quantitative estimate of drug-likeness (QED) is 0.143. The first-order chi connectivity index (χ1) is 15.0. The Labute approximate surface area is 192 Å². The average molecular weight is 479 g/mol. The molecule has 0 aromatic carbocycles. The van der Waals surface area contributed by atoms with Crippen LogP contribution in [0.4, 0.5) is 17.6 Å². The molecule has 1 aromatic rings. The van der Waals surface area contributed by atoms with Gasteiger partial charge >= 0.3 is 6.18 Å². The molecule has 180 valence electrons. The number of rotatable bonds is 13. The second kappa shape index (κ2) is 14.1. The molecule has 1 N–H and O–H groups in total. The predicted octanol–water partition coefficient (Wildman–Crippen LogP) is 7.05. The number of hydrogen-bond acceptors (Lipinski definition) is 3. The van der Waals surface area contributed by atoms with Gasteiger partial charge in [0.25, 0.3) is 5.91 Å². The zero-order valence-electron chi connectivity index (χ0n) is 18.7. The van der Waals surface area contributed by atoms with E-state index in [2.05, 4.69) is 10.3 Å². The largest absolute Gasteiger partial charge is 0.477 e. The molecule has 1 aromatic heterocycles. The summed E-state index contributed by atoms with van der Waals surface area (Å²) >= 11 is 5.79. The van der Waals surface area contributed by atoms with Gasteiger partial charge in [0.15, 0.2) is 5.83 Å². The van der Waals surface area contributed by atoms with Crippen molar-refractivity contribution in [2.24, 2.45) is 5.92 Å². The summed E-state index contributed by atoms with van der Waals surface area (Å²) in [7, 11) is 0. The number of halogens is 5. The van der Waals surface area contributed by atoms with E-state index in [1.54, 1.807) is 13.0 Å². The van der Waals surface area contributed by atoms with Gasteiger partial charge in [-0.1, -0.05) is 56.9 Å². The normalized spacial score (nSPS) is 12.9. The van der Waals surface area contributed by atoms with Crippen molar-refractivity contribution in [3.8, 4) is 5.88 Å². The molecule has 4 nitrogen and oxygen atoms in total. The van der Waals surface area contributed by atoms with E-state index in [0.29, 0.717) is 24.9 Å². The molecule has 0 spiro atoms. The van der Waals surface area contributed by atoms with Gasteiger partial charge in [-0.25, -0.2) is 9.37 Å². The number of unbranched alkanes of at least 4 members (excludes halogenated alkanes) is 5. The third kappa shape index (κ3) is 11.0.